The zero-order chi connectivity index (χ0) is 13.8. The SMILES string of the molecule is CSc1cccc(C(=O)CCBr)c1OC(F)(F)F. The van der Waals surface area contributed by atoms with Gasteiger partial charge in [0.05, 0.1) is 10.5 Å². The van der Waals surface area contributed by atoms with Gasteiger partial charge >= 0.3 is 6.36 Å². The zero-order valence-electron chi connectivity index (χ0n) is 9.38. The van der Waals surface area contributed by atoms with Gasteiger partial charge in [-0.05, 0) is 18.4 Å². The van der Waals surface area contributed by atoms with Crippen LogP contribution in [0.1, 0.15) is 16.8 Å². The Morgan fingerprint density at radius 1 is 1.44 bits per heavy atom. The van der Waals surface area contributed by atoms with Crippen LogP contribution in [0.15, 0.2) is 23.1 Å². The molecule has 0 aliphatic rings. The molecular formula is C11H10BrF3O2S. The van der Waals surface area contributed by atoms with Gasteiger partial charge in [0.1, 0.15) is 0 Å². The van der Waals surface area contributed by atoms with E-state index in [0.717, 1.165) is 11.8 Å². The molecule has 0 aliphatic carbocycles. The van der Waals surface area contributed by atoms with E-state index in [0.29, 0.717) is 5.33 Å². The summed E-state index contributed by atoms with van der Waals surface area (Å²) in [5, 5.41) is 0.390. The van der Waals surface area contributed by atoms with Gasteiger partial charge in [-0.15, -0.1) is 24.9 Å². The molecule has 0 aliphatic heterocycles. The molecule has 0 fully saturated rings. The summed E-state index contributed by atoms with van der Waals surface area (Å²) in [6.07, 6.45) is -3.07. The number of hydrogen-bond donors (Lipinski definition) is 0. The van der Waals surface area contributed by atoms with E-state index in [-0.39, 0.29) is 22.7 Å². The Bertz CT molecular complexity index is 435. The molecule has 0 saturated heterocycles. The van der Waals surface area contributed by atoms with Crippen molar-refractivity contribution in [3.63, 3.8) is 0 Å². The standard InChI is InChI=1S/C11H10BrF3O2S/c1-18-9-4-2-3-7(8(16)5-6-12)10(9)17-11(13,14)15/h2-4H,5-6H2,1H3. The van der Waals surface area contributed by atoms with Gasteiger partial charge in [0, 0.05) is 11.8 Å². The topological polar surface area (TPSA) is 26.3 Å². The molecule has 0 atom stereocenters. The van der Waals surface area contributed by atoms with Crippen LogP contribution in [0.3, 0.4) is 0 Å². The number of hydrogen-bond acceptors (Lipinski definition) is 3. The molecule has 1 rings (SSSR count). The van der Waals surface area contributed by atoms with Crippen molar-refractivity contribution < 1.29 is 22.7 Å². The molecule has 0 radical (unpaired) electrons. The maximum atomic E-state index is 12.3. The van der Waals surface area contributed by atoms with Gasteiger partial charge in [0.25, 0.3) is 0 Å². The number of rotatable bonds is 5. The maximum Gasteiger partial charge on any atom is 0.573 e. The summed E-state index contributed by atoms with van der Waals surface area (Å²) in [6, 6.07) is 4.36. The van der Waals surface area contributed by atoms with Crippen LogP contribution in [0.2, 0.25) is 0 Å². The lowest BCUT2D eigenvalue weighted by Crippen LogP contribution is -2.19. The summed E-state index contributed by atoms with van der Waals surface area (Å²) in [5.74, 6) is -0.800. The Hall–Kier alpha value is -0.690. The number of carbonyl (C=O) groups excluding carboxylic acids is 1. The van der Waals surface area contributed by atoms with Crippen molar-refractivity contribution >= 4 is 33.5 Å². The predicted molar refractivity (Wildman–Crippen MR) is 67.6 cm³/mol. The van der Waals surface area contributed by atoms with Gasteiger partial charge in [0.2, 0.25) is 0 Å². The summed E-state index contributed by atoms with van der Waals surface area (Å²) in [5.41, 5.74) is -0.0429. The molecule has 0 spiro atoms. The molecule has 1 aromatic carbocycles. The molecule has 100 valence electrons. The van der Waals surface area contributed by atoms with E-state index in [2.05, 4.69) is 20.7 Å². The van der Waals surface area contributed by atoms with Gasteiger partial charge in [-0.2, -0.15) is 0 Å². The van der Waals surface area contributed by atoms with Crippen LogP contribution in [0.4, 0.5) is 13.2 Å². The summed E-state index contributed by atoms with van der Waals surface area (Å²) in [7, 11) is 0. The molecule has 0 saturated carbocycles. The van der Waals surface area contributed by atoms with Gasteiger partial charge < -0.3 is 4.74 Å². The fourth-order valence-corrected chi connectivity index (χ4v) is 2.25. The van der Waals surface area contributed by atoms with Crippen molar-refractivity contribution in [1.29, 1.82) is 0 Å². The van der Waals surface area contributed by atoms with E-state index < -0.39 is 12.1 Å². The minimum atomic E-state index is -4.81. The summed E-state index contributed by atoms with van der Waals surface area (Å²) >= 11 is 4.18. The average molecular weight is 343 g/mol. The number of benzene rings is 1. The minimum Gasteiger partial charge on any atom is -0.404 e. The molecule has 0 amide bonds. The number of thioether (sulfide) groups is 1. The molecule has 0 heterocycles. The fourth-order valence-electron chi connectivity index (χ4n) is 1.34. The monoisotopic (exact) mass is 342 g/mol. The molecule has 1 aromatic rings. The van der Waals surface area contributed by atoms with E-state index in [1.54, 1.807) is 6.26 Å². The predicted octanol–water partition coefficient (Wildman–Crippen LogP) is 4.27. The molecule has 0 aromatic heterocycles. The average Bonchev–Trinajstić information content (AvgIpc) is 2.27. The third-order valence-electron chi connectivity index (χ3n) is 2.04. The number of ketones is 1. The molecule has 0 unspecified atom stereocenters. The lowest BCUT2D eigenvalue weighted by Gasteiger charge is -2.15. The first kappa shape index (κ1) is 15.4. The van der Waals surface area contributed by atoms with Crippen LogP contribution in [-0.4, -0.2) is 23.7 Å². The van der Waals surface area contributed by atoms with Crippen molar-refractivity contribution in [2.45, 2.75) is 17.7 Å². The Morgan fingerprint density at radius 3 is 2.61 bits per heavy atom. The van der Waals surface area contributed by atoms with Crippen LogP contribution in [0.25, 0.3) is 0 Å². The highest BCUT2D eigenvalue weighted by molar-refractivity contribution is 9.09. The van der Waals surface area contributed by atoms with Gasteiger partial charge in [-0.1, -0.05) is 22.0 Å². The summed E-state index contributed by atoms with van der Waals surface area (Å²) in [6.45, 7) is 0. The second-order valence-corrected chi connectivity index (χ2v) is 4.89. The zero-order valence-corrected chi connectivity index (χ0v) is 11.8. The van der Waals surface area contributed by atoms with Crippen molar-refractivity contribution in [2.75, 3.05) is 11.6 Å². The number of alkyl halides is 4. The van der Waals surface area contributed by atoms with Crippen LogP contribution in [0, 0.1) is 0 Å². The summed E-state index contributed by atoms with van der Waals surface area (Å²) < 4.78 is 41.0. The van der Waals surface area contributed by atoms with Crippen molar-refractivity contribution in [3.05, 3.63) is 23.8 Å². The fraction of sp³-hybridized carbons (Fsp3) is 0.364. The van der Waals surface area contributed by atoms with E-state index in [9.17, 15) is 18.0 Å². The van der Waals surface area contributed by atoms with E-state index in [1.165, 1.54) is 18.2 Å². The molecular weight excluding hydrogens is 333 g/mol. The van der Waals surface area contributed by atoms with Crippen molar-refractivity contribution in [1.82, 2.24) is 0 Å². The minimum absolute atomic E-state index is 0.0429. The van der Waals surface area contributed by atoms with E-state index in [4.69, 9.17) is 0 Å². The number of ether oxygens (including phenoxy) is 1. The smallest absolute Gasteiger partial charge is 0.404 e. The van der Waals surface area contributed by atoms with Crippen LogP contribution in [-0.2, 0) is 0 Å². The summed E-state index contributed by atoms with van der Waals surface area (Å²) in [4.78, 5) is 12.0. The largest absolute Gasteiger partial charge is 0.573 e. The Morgan fingerprint density at radius 2 is 2.11 bits per heavy atom. The van der Waals surface area contributed by atoms with Gasteiger partial charge in [-0.3, -0.25) is 4.79 Å². The van der Waals surface area contributed by atoms with Crippen LogP contribution >= 0.6 is 27.7 Å². The first-order valence-electron chi connectivity index (χ1n) is 4.91. The third kappa shape index (κ3) is 4.20. The first-order valence-corrected chi connectivity index (χ1v) is 7.25. The second-order valence-electron chi connectivity index (χ2n) is 3.25. The molecule has 2 nitrogen and oxygen atoms in total. The molecule has 7 heteroatoms. The van der Waals surface area contributed by atoms with Crippen LogP contribution < -0.4 is 4.74 Å². The quantitative estimate of drug-likeness (QED) is 0.454. The third-order valence-corrected chi connectivity index (χ3v) is 3.20. The highest BCUT2D eigenvalue weighted by Crippen LogP contribution is 2.35. The Balaban J connectivity index is 3.20. The Kier molecular flexibility index (Phi) is 5.52. The molecule has 0 bridgehead atoms. The molecule has 18 heavy (non-hydrogen) atoms. The van der Waals surface area contributed by atoms with Gasteiger partial charge in [0.15, 0.2) is 11.5 Å². The second kappa shape index (κ2) is 6.47. The normalized spacial score (nSPS) is 11.4. The lowest BCUT2D eigenvalue weighted by molar-refractivity contribution is -0.275. The van der Waals surface area contributed by atoms with Gasteiger partial charge in [-0.25, -0.2) is 0 Å². The van der Waals surface area contributed by atoms with Crippen molar-refractivity contribution in [3.8, 4) is 5.75 Å². The number of carbonyl (C=O) groups is 1. The van der Waals surface area contributed by atoms with Crippen molar-refractivity contribution in [2.24, 2.45) is 0 Å². The van der Waals surface area contributed by atoms with E-state index >= 15 is 0 Å². The Labute approximate surface area is 115 Å². The highest BCUT2D eigenvalue weighted by atomic mass is 79.9. The number of Topliss-reactive ketones (excluding diaryl/α,β-unsaturated/α-hetero) is 1. The molecule has 0 N–H and O–H groups in total. The number of para-hydroxylation sites is 1. The number of halogens is 4. The van der Waals surface area contributed by atoms with E-state index in [1.807, 2.05) is 0 Å². The highest BCUT2D eigenvalue weighted by Gasteiger charge is 2.34. The lowest BCUT2D eigenvalue weighted by atomic mass is 10.1. The maximum absolute atomic E-state index is 12.3. The first-order chi connectivity index (χ1) is 8.39. The van der Waals surface area contributed by atoms with Crippen LogP contribution in [0.5, 0.6) is 5.75 Å².